The van der Waals surface area contributed by atoms with E-state index in [1.807, 2.05) is 30.3 Å². The highest BCUT2D eigenvalue weighted by atomic mass is 32.1. The number of fused-ring (bicyclic) bond motifs is 1. The first-order chi connectivity index (χ1) is 14.2. The van der Waals surface area contributed by atoms with Gasteiger partial charge in [0.1, 0.15) is 11.6 Å². The molecule has 0 atom stereocenters. The Morgan fingerprint density at radius 2 is 1.93 bits per heavy atom. The van der Waals surface area contributed by atoms with E-state index in [4.69, 9.17) is 9.68 Å². The van der Waals surface area contributed by atoms with Crippen LogP contribution >= 0.6 is 11.3 Å². The van der Waals surface area contributed by atoms with Crippen LogP contribution in [0.25, 0.3) is 21.3 Å². The van der Waals surface area contributed by atoms with Crippen molar-refractivity contribution in [1.29, 1.82) is 5.26 Å². The van der Waals surface area contributed by atoms with Crippen molar-refractivity contribution in [3.63, 3.8) is 0 Å². The van der Waals surface area contributed by atoms with Crippen molar-refractivity contribution in [3.05, 3.63) is 65.3 Å². The van der Waals surface area contributed by atoms with Gasteiger partial charge in [-0.15, -0.1) is 21.5 Å². The summed E-state index contributed by atoms with van der Waals surface area (Å²) in [6, 6.07) is 18.3. The van der Waals surface area contributed by atoms with Crippen LogP contribution in [-0.4, -0.2) is 27.6 Å². The second kappa shape index (κ2) is 8.63. The third-order valence-corrected chi connectivity index (χ3v) is 5.30. The molecule has 7 nitrogen and oxygen atoms in total. The van der Waals surface area contributed by atoms with Gasteiger partial charge in [0.05, 0.1) is 22.7 Å². The topological polar surface area (TPSA) is 105 Å². The number of carbonyl (C=O) groups is 1. The SMILES string of the molecule is N#CCNC(=O)CCc1nnc(Cc2nc3ccc(-c4ccccc4)cc3s2)o1. The molecule has 0 unspecified atom stereocenters. The monoisotopic (exact) mass is 403 g/mol. The average Bonchev–Trinajstić information content (AvgIpc) is 3.37. The van der Waals surface area contributed by atoms with Crippen LogP contribution in [-0.2, 0) is 17.6 Å². The van der Waals surface area contributed by atoms with Crippen LogP contribution in [0.4, 0.5) is 0 Å². The van der Waals surface area contributed by atoms with Gasteiger partial charge in [0.15, 0.2) is 0 Å². The highest BCUT2D eigenvalue weighted by molar-refractivity contribution is 7.18. The number of thiazole rings is 1. The molecule has 2 aromatic carbocycles. The first-order valence-electron chi connectivity index (χ1n) is 9.11. The molecule has 1 amide bonds. The molecule has 0 aliphatic rings. The van der Waals surface area contributed by atoms with Crippen LogP contribution in [0.1, 0.15) is 23.2 Å². The largest absolute Gasteiger partial charge is 0.425 e. The lowest BCUT2D eigenvalue weighted by Crippen LogP contribution is -2.23. The van der Waals surface area contributed by atoms with E-state index < -0.39 is 0 Å². The standard InChI is InChI=1S/C21H17N5O2S/c22-10-11-23-18(27)8-9-19-25-26-20(28-19)13-21-24-16-7-6-15(12-17(16)29-21)14-4-2-1-3-5-14/h1-7,12H,8-9,11,13H2,(H,23,27). The van der Waals surface area contributed by atoms with Gasteiger partial charge in [-0.25, -0.2) is 4.98 Å². The predicted octanol–water partition coefficient (Wildman–Crippen LogP) is 3.51. The molecule has 0 fully saturated rings. The quantitative estimate of drug-likeness (QED) is 0.474. The van der Waals surface area contributed by atoms with E-state index in [-0.39, 0.29) is 18.9 Å². The number of nitriles is 1. The number of amides is 1. The molecule has 4 rings (SSSR count). The normalized spacial score (nSPS) is 10.7. The van der Waals surface area contributed by atoms with E-state index in [1.54, 1.807) is 11.3 Å². The van der Waals surface area contributed by atoms with Gasteiger partial charge >= 0.3 is 0 Å². The number of carbonyl (C=O) groups excluding carboxylic acids is 1. The summed E-state index contributed by atoms with van der Waals surface area (Å²) in [5.74, 6) is 0.658. The Labute approximate surface area is 171 Å². The van der Waals surface area contributed by atoms with Crippen LogP contribution < -0.4 is 5.32 Å². The molecule has 4 aromatic rings. The smallest absolute Gasteiger partial charge is 0.223 e. The highest BCUT2D eigenvalue weighted by Crippen LogP contribution is 2.29. The zero-order valence-electron chi connectivity index (χ0n) is 15.5. The van der Waals surface area contributed by atoms with Crippen LogP contribution in [0.2, 0.25) is 0 Å². The molecule has 0 saturated heterocycles. The number of nitrogens with zero attached hydrogens (tertiary/aromatic N) is 4. The molecule has 0 spiro atoms. The Hall–Kier alpha value is -3.57. The van der Waals surface area contributed by atoms with E-state index in [2.05, 4.69) is 44.8 Å². The summed E-state index contributed by atoms with van der Waals surface area (Å²) in [5, 5.41) is 19.9. The minimum Gasteiger partial charge on any atom is -0.425 e. The maximum atomic E-state index is 11.5. The van der Waals surface area contributed by atoms with Crippen LogP contribution in [0.3, 0.4) is 0 Å². The predicted molar refractivity (Wildman–Crippen MR) is 109 cm³/mol. The van der Waals surface area contributed by atoms with E-state index in [0.29, 0.717) is 24.6 Å². The summed E-state index contributed by atoms with van der Waals surface area (Å²) < 4.78 is 6.74. The fourth-order valence-electron chi connectivity index (χ4n) is 2.90. The number of aryl methyl sites for hydroxylation is 1. The third-order valence-electron chi connectivity index (χ3n) is 4.28. The van der Waals surface area contributed by atoms with Gasteiger partial charge in [0.25, 0.3) is 0 Å². The molecular weight excluding hydrogens is 386 g/mol. The van der Waals surface area contributed by atoms with Crippen LogP contribution in [0.15, 0.2) is 52.9 Å². The molecule has 29 heavy (non-hydrogen) atoms. The molecular formula is C21H17N5O2S. The molecule has 2 heterocycles. The molecule has 0 bridgehead atoms. The van der Waals surface area contributed by atoms with Gasteiger partial charge in [-0.2, -0.15) is 5.26 Å². The minimum absolute atomic E-state index is 0.00247. The van der Waals surface area contributed by atoms with Gasteiger partial charge in [-0.3, -0.25) is 4.79 Å². The molecule has 2 aromatic heterocycles. The van der Waals surface area contributed by atoms with Crippen molar-refractivity contribution in [3.8, 4) is 17.2 Å². The van der Waals surface area contributed by atoms with Crippen molar-refractivity contribution >= 4 is 27.5 Å². The number of hydrogen-bond donors (Lipinski definition) is 1. The van der Waals surface area contributed by atoms with E-state index in [1.165, 1.54) is 5.56 Å². The van der Waals surface area contributed by atoms with E-state index in [0.717, 1.165) is 20.8 Å². The lowest BCUT2D eigenvalue weighted by Gasteiger charge is -2.00. The second-order valence-corrected chi connectivity index (χ2v) is 7.47. The molecule has 0 aliphatic heterocycles. The number of nitrogens with one attached hydrogen (secondary N) is 1. The lowest BCUT2D eigenvalue weighted by atomic mass is 10.1. The maximum absolute atomic E-state index is 11.5. The first-order valence-corrected chi connectivity index (χ1v) is 9.93. The summed E-state index contributed by atoms with van der Waals surface area (Å²) >= 11 is 1.60. The lowest BCUT2D eigenvalue weighted by molar-refractivity contribution is -0.120. The fourth-order valence-corrected chi connectivity index (χ4v) is 3.89. The minimum atomic E-state index is -0.216. The van der Waals surface area contributed by atoms with Crippen LogP contribution in [0.5, 0.6) is 0 Å². The van der Waals surface area contributed by atoms with Gasteiger partial charge in [0, 0.05) is 12.8 Å². The Morgan fingerprint density at radius 3 is 2.76 bits per heavy atom. The molecule has 0 aliphatic carbocycles. The Bertz CT molecular complexity index is 1180. The molecule has 0 saturated carbocycles. The fraction of sp³-hybridized carbons (Fsp3) is 0.190. The van der Waals surface area contributed by atoms with Crippen molar-refractivity contribution in [1.82, 2.24) is 20.5 Å². The Morgan fingerprint density at radius 1 is 1.10 bits per heavy atom. The maximum Gasteiger partial charge on any atom is 0.223 e. The van der Waals surface area contributed by atoms with Gasteiger partial charge in [-0.1, -0.05) is 36.4 Å². The number of rotatable bonds is 7. The Balaban J connectivity index is 1.43. The van der Waals surface area contributed by atoms with E-state index in [9.17, 15) is 4.79 Å². The molecule has 0 radical (unpaired) electrons. The highest BCUT2D eigenvalue weighted by Gasteiger charge is 2.12. The van der Waals surface area contributed by atoms with Crippen molar-refractivity contribution in [2.75, 3.05) is 6.54 Å². The molecule has 1 N–H and O–H groups in total. The summed E-state index contributed by atoms with van der Waals surface area (Å²) in [6.45, 7) is -0.00247. The zero-order chi connectivity index (χ0) is 20.1. The van der Waals surface area contributed by atoms with Gasteiger partial charge in [-0.05, 0) is 23.3 Å². The number of hydrogen-bond acceptors (Lipinski definition) is 7. The van der Waals surface area contributed by atoms with Crippen molar-refractivity contribution < 1.29 is 9.21 Å². The van der Waals surface area contributed by atoms with Crippen molar-refractivity contribution in [2.45, 2.75) is 19.3 Å². The molecule has 144 valence electrons. The number of benzene rings is 2. The summed E-state index contributed by atoms with van der Waals surface area (Å²) in [4.78, 5) is 16.2. The summed E-state index contributed by atoms with van der Waals surface area (Å²) in [5.41, 5.74) is 3.27. The second-order valence-electron chi connectivity index (χ2n) is 6.36. The summed E-state index contributed by atoms with van der Waals surface area (Å²) in [6.07, 6.45) is 0.991. The molecule has 8 heteroatoms. The van der Waals surface area contributed by atoms with E-state index >= 15 is 0 Å². The zero-order valence-corrected chi connectivity index (χ0v) is 16.3. The third kappa shape index (κ3) is 4.65. The average molecular weight is 403 g/mol. The van der Waals surface area contributed by atoms with Gasteiger partial charge < -0.3 is 9.73 Å². The van der Waals surface area contributed by atoms with Crippen molar-refractivity contribution in [2.24, 2.45) is 0 Å². The Kier molecular flexibility index (Phi) is 5.59. The summed E-state index contributed by atoms with van der Waals surface area (Å²) in [7, 11) is 0. The van der Waals surface area contributed by atoms with Crippen LogP contribution in [0, 0.1) is 11.3 Å². The first kappa shape index (κ1) is 18.8. The van der Waals surface area contributed by atoms with Gasteiger partial charge in [0.2, 0.25) is 17.7 Å². The number of aromatic nitrogens is 3.